The molecule has 0 aliphatic heterocycles. The van der Waals surface area contributed by atoms with E-state index in [0.717, 1.165) is 5.39 Å². The number of benzene rings is 3. The molecule has 0 aliphatic rings. The van der Waals surface area contributed by atoms with Crippen molar-refractivity contribution in [1.82, 2.24) is 0 Å². The molecule has 96 valence electrons. The minimum Gasteiger partial charge on any atom is -0.507 e. The van der Waals surface area contributed by atoms with Gasteiger partial charge in [0.2, 0.25) is 5.43 Å². The molecule has 4 aromatic rings. The van der Waals surface area contributed by atoms with Gasteiger partial charge in [0.05, 0.1) is 10.8 Å². The zero-order valence-corrected chi connectivity index (χ0v) is 10.5. The first kappa shape index (κ1) is 11.1. The quantitative estimate of drug-likeness (QED) is 0.490. The van der Waals surface area contributed by atoms with Crippen LogP contribution in [0.15, 0.2) is 63.8 Å². The predicted molar refractivity (Wildman–Crippen MR) is 79.2 cm³/mol. The van der Waals surface area contributed by atoms with E-state index in [1.807, 2.05) is 18.2 Å². The number of hydrogen-bond donors (Lipinski definition) is 1. The molecule has 1 N–H and O–H groups in total. The summed E-state index contributed by atoms with van der Waals surface area (Å²) in [7, 11) is 0. The second-order valence-corrected chi connectivity index (χ2v) is 4.77. The second kappa shape index (κ2) is 3.84. The Morgan fingerprint density at radius 3 is 2.55 bits per heavy atom. The Hall–Kier alpha value is -2.81. The largest absolute Gasteiger partial charge is 0.507 e. The van der Waals surface area contributed by atoms with Crippen LogP contribution >= 0.6 is 0 Å². The zero-order valence-electron chi connectivity index (χ0n) is 10.5. The number of rotatable bonds is 0. The topological polar surface area (TPSA) is 50.4 Å². The van der Waals surface area contributed by atoms with Crippen LogP contribution in [-0.4, -0.2) is 5.11 Å². The van der Waals surface area contributed by atoms with E-state index in [4.69, 9.17) is 4.42 Å². The summed E-state index contributed by atoms with van der Waals surface area (Å²) < 4.78 is 5.79. The van der Waals surface area contributed by atoms with Crippen LogP contribution in [0.5, 0.6) is 5.75 Å². The van der Waals surface area contributed by atoms with Crippen molar-refractivity contribution in [2.24, 2.45) is 0 Å². The third-order valence-corrected chi connectivity index (χ3v) is 3.55. The van der Waals surface area contributed by atoms with Crippen LogP contribution in [0.3, 0.4) is 0 Å². The van der Waals surface area contributed by atoms with E-state index >= 15 is 0 Å². The molecule has 0 amide bonds. The van der Waals surface area contributed by atoms with E-state index in [9.17, 15) is 9.90 Å². The van der Waals surface area contributed by atoms with Crippen molar-refractivity contribution in [3.8, 4) is 5.75 Å². The predicted octanol–water partition coefficient (Wildman–Crippen LogP) is 3.81. The lowest BCUT2D eigenvalue weighted by Crippen LogP contribution is -2.01. The average Bonchev–Trinajstić information content (AvgIpc) is 2.47. The SMILES string of the molecule is O=c1c2ccccc2oc2cc3cccc(O)c3cc12. The molecule has 4 rings (SSSR count). The Bertz CT molecular complexity index is 1030. The van der Waals surface area contributed by atoms with Crippen LogP contribution in [0, 0.1) is 0 Å². The Balaban J connectivity index is 2.29. The molecule has 0 aliphatic carbocycles. The van der Waals surface area contributed by atoms with Gasteiger partial charge >= 0.3 is 0 Å². The molecule has 0 spiro atoms. The molecule has 3 heteroatoms. The van der Waals surface area contributed by atoms with Crippen LogP contribution in [0.4, 0.5) is 0 Å². The van der Waals surface area contributed by atoms with Gasteiger partial charge in [0.25, 0.3) is 0 Å². The maximum absolute atomic E-state index is 12.5. The minimum atomic E-state index is -0.0768. The fraction of sp³-hybridized carbons (Fsp3) is 0. The molecule has 0 atom stereocenters. The Kier molecular flexibility index (Phi) is 2.12. The summed E-state index contributed by atoms with van der Waals surface area (Å²) in [6.07, 6.45) is 0. The van der Waals surface area contributed by atoms with Gasteiger partial charge in [-0.2, -0.15) is 0 Å². The van der Waals surface area contributed by atoms with Gasteiger partial charge in [0.15, 0.2) is 0 Å². The van der Waals surface area contributed by atoms with Crippen molar-refractivity contribution in [3.63, 3.8) is 0 Å². The second-order valence-electron chi connectivity index (χ2n) is 4.77. The molecule has 0 fully saturated rings. The van der Waals surface area contributed by atoms with Crippen LogP contribution in [0.2, 0.25) is 0 Å². The molecule has 0 bridgehead atoms. The fourth-order valence-electron chi connectivity index (χ4n) is 2.56. The summed E-state index contributed by atoms with van der Waals surface area (Å²) in [5, 5.41) is 12.4. The van der Waals surface area contributed by atoms with Crippen LogP contribution < -0.4 is 5.43 Å². The van der Waals surface area contributed by atoms with E-state index < -0.39 is 0 Å². The molecule has 0 unspecified atom stereocenters. The Morgan fingerprint density at radius 1 is 0.800 bits per heavy atom. The maximum atomic E-state index is 12.5. The van der Waals surface area contributed by atoms with Gasteiger partial charge in [-0.1, -0.05) is 24.3 Å². The van der Waals surface area contributed by atoms with E-state index in [0.29, 0.717) is 27.3 Å². The average molecular weight is 262 g/mol. The first-order valence-corrected chi connectivity index (χ1v) is 6.31. The molecule has 3 nitrogen and oxygen atoms in total. The normalized spacial score (nSPS) is 11.4. The van der Waals surface area contributed by atoms with Gasteiger partial charge in [-0.05, 0) is 35.7 Å². The highest BCUT2D eigenvalue weighted by atomic mass is 16.3. The third-order valence-electron chi connectivity index (χ3n) is 3.55. The molecule has 0 saturated carbocycles. The van der Waals surface area contributed by atoms with Gasteiger partial charge in [0, 0.05) is 5.39 Å². The fourth-order valence-corrected chi connectivity index (χ4v) is 2.56. The van der Waals surface area contributed by atoms with Crippen molar-refractivity contribution in [3.05, 3.63) is 64.8 Å². The van der Waals surface area contributed by atoms with E-state index in [1.165, 1.54) is 0 Å². The van der Waals surface area contributed by atoms with Crippen LogP contribution in [0.1, 0.15) is 0 Å². The number of phenolic OH excluding ortho intramolecular Hbond substituents is 1. The van der Waals surface area contributed by atoms with E-state index in [-0.39, 0.29) is 11.2 Å². The first-order chi connectivity index (χ1) is 9.74. The summed E-state index contributed by atoms with van der Waals surface area (Å²) in [6, 6.07) is 15.9. The standard InChI is InChI=1S/C17H10O3/c18-14-6-3-4-10-8-16-13(9-12(10)14)17(19)11-5-1-2-7-15(11)20-16/h1-9,18H. The minimum absolute atomic E-state index is 0.0768. The summed E-state index contributed by atoms with van der Waals surface area (Å²) in [5.74, 6) is 0.164. The Labute approximate surface area is 113 Å². The lowest BCUT2D eigenvalue weighted by molar-refractivity contribution is 0.481. The van der Waals surface area contributed by atoms with Crippen molar-refractivity contribution in [2.75, 3.05) is 0 Å². The Morgan fingerprint density at radius 2 is 1.65 bits per heavy atom. The molecule has 1 heterocycles. The monoisotopic (exact) mass is 262 g/mol. The number of para-hydroxylation sites is 1. The van der Waals surface area contributed by atoms with Crippen molar-refractivity contribution >= 4 is 32.7 Å². The summed E-state index contributed by atoms with van der Waals surface area (Å²) in [5.41, 5.74) is 1.03. The number of fused-ring (bicyclic) bond motifs is 3. The number of hydrogen-bond acceptors (Lipinski definition) is 3. The van der Waals surface area contributed by atoms with Gasteiger partial charge in [-0.25, -0.2) is 0 Å². The van der Waals surface area contributed by atoms with Crippen LogP contribution in [-0.2, 0) is 0 Å². The molecule has 0 radical (unpaired) electrons. The van der Waals surface area contributed by atoms with Crippen LogP contribution in [0.25, 0.3) is 32.7 Å². The summed E-state index contributed by atoms with van der Waals surface area (Å²) >= 11 is 0. The van der Waals surface area contributed by atoms with E-state index in [1.54, 1.807) is 36.4 Å². The van der Waals surface area contributed by atoms with Gasteiger partial charge < -0.3 is 9.52 Å². The lowest BCUT2D eigenvalue weighted by atomic mass is 10.1. The van der Waals surface area contributed by atoms with Gasteiger partial charge in [-0.15, -0.1) is 0 Å². The number of phenols is 1. The highest BCUT2D eigenvalue weighted by molar-refractivity contribution is 6.01. The van der Waals surface area contributed by atoms with Crippen molar-refractivity contribution in [1.29, 1.82) is 0 Å². The highest BCUT2D eigenvalue weighted by Crippen LogP contribution is 2.29. The van der Waals surface area contributed by atoms with Crippen molar-refractivity contribution < 1.29 is 9.52 Å². The van der Waals surface area contributed by atoms with E-state index in [2.05, 4.69) is 0 Å². The molecule has 1 aromatic heterocycles. The molecular weight excluding hydrogens is 252 g/mol. The molecule has 20 heavy (non-hydrogen) atoms. The number of aromatic hydroxyl groups is 1. The molecule has 3 aromatic carbocycles. The van der Waals surface area contributed by atoms with Gasteiger partial charge in [0.1, 0.15) is 16.9 Å². The first-order valence-electron chi connectivity index (χ1n) is 6.31. The van der Waals surface area contributed by atoms with Crippen molar-refractivity contribution in [2.45, 2.75) is 0 Å². The third kappa shape index (κ3) is 1.43. The smallest absolute Gasteiger partial charge is 0.200 e. The molecular formula is C17H10O3. The maximum Gasteiger partial charge on any atom is 0.200 e. The lowest BCUT2D eigenvalue weighted by Gasteiger charge is -2.04. The summed E-state index contributed by atoms with van der Waals surface area (Å²) in [4.78, 5) is 12.5. The highest BCUT2D eigenvalue weighted by Gasteiger charge is 2.09. The zero-order chi connectivity index (χ0) is 13.7. The summed E-state index contributed by atoms with van der Waals surface area (Å²) in [6.45, 7) is 0. The van der Waals surface area contributed by atoms with Gasteiger partial charge in [-0.3, -0.25) is 4.79 Å². The molecule has 0 saturated heterocycles.